The van der Waals surface area contributed by atoms with Gasteiger partial charge in [0.1, 0.15) is 11.6 Å². The van der Waals surface area contributed by atoms with Crippen LogP contribution in [0.4, 0.5) is 4.79 Å². The summed E-state index contributed by atoms with van der Waals surface area (Å²) in [5, 5.41) is 10.2. The number of amidine groups is 1. The van der Waals surface area contributed by atoms with Crippen LogP contribution in [-0.4, -0.2) is 17.5 Å². The van der Waals surface area contributed by atoms with Crippen molar-refractivity contribution in [3.8, 4) is 5.75 Å². The number of carbonyl (C=O) groups excluding carboxylic acids is 1. The van der Waals surface area contributed by atoms with Crippen LogP contribution in [0.3, 0.4) is 0 Å². The molecule has 1 aromatic rings. The maximum absolute atomic E-state index is 11.8. The predicted molar refractivity (Wildman–Crippen MR) is 70.8 cm³/mol. The second-order valence-corrected chi connectivity index (χ2v) is 4.03. The summed E-state index contributed by atoms with van der Waals surface area (Å²) in [6.07, 6.45) is 0.492. The van der Waals surface area contributed by atoms with Gasteiger partial charge >= 0.3 is 6.09 Å². The minimum absolute atomic E-state index is 0.0579. The summed E-state index contributed by atoms with van der Waals surface area (Å²) < 4.78 is 5.12. The van der Waals surface area contributed by atoms with Crippen LogP contribution in [0.5, 0.6) is 5.75 Å². The van der Waals surface area contributed by atoms with E-state index in [0.717, 1.165) is 0 Å². The van der Waals surface area contributed by atoms with Gasteiger partial charge in [-0.15, -0.1) is 0 Å². The number of hydrogen-bond acceptors (Lipinski definition) is 3. The molecule has 0 radical (unpaired) electrons. The van der Waals surface area contributed by atoms with Gasteiger partial charge in [-0.1, -0.05) is 32.0 Å². The van der Waals surface area contributed by atoms with E-state index in [9.17, 15) is 4.79 Å². The van der Waals surface area contributed by atoms with Gasteiger partial charge in [0.25, 0.3) is 0 Å². The monoisotopic (exact) mass is 249 g/mol. The number of carbonyl (C=O) groups is 1. The molecular weight excluding hydrogens is 230 g/mol. The van der Waals surface area contributed by atoms with Gasteiger partial charge in [-0.05, 0) is 25.0 Å². The second-order valence-electron chi connectivity index (χ2n) is 4.03. The Morgan fingerprint density at radius 2 is 1.89 bits per heavy atom. The van der Waals surface area contributed by atoms with Crippen LogP contribution in [0.2, 0.25) is 0 Å². The summed E-state index contributed by atoms with van der Waals surface area (Å²) in [5.74, 6) is 0.400. The molecule has 0 atom stereocenters. The van der Waals surface area contributed by atoms with E-state index in [4.69, 9.17) is 15.9 Å². The van der Waals surface area contributed by atoms with E-state index in [1.165, 1.54) is 0 Å². The van der Waals surface area contributed by atoms with Crippen LogP contribution < -0.4 is 15.8 Å². The van der Waals surface area contributed by atoms with Crippen molar-refractivity contribution in [2.45, 2.75) is 32.2 Å². The highest BCUT2D eigenvalue weighted by molar-refractivity contribution is 5.91. The minimum atomic E-state index is -0.828. The number of amides is 1. The summed E-state index contributed by atoms with van der Waals surface area (Å²) in [7, 11) is 0. The fraction of sp³-hybridized carbons (Fsp3) is 0.385. The maximum Gasteiger partial charge on any atom is 0.413 e. The van der Waals surface area contributed by atoms with Crippen molar-refractivity contribution in [2.24, 2.45) is 5.73 Å². The molecule has 0 fully saturated rings. The molecule has 5 nitrogen and oxygen atoms in total. The van der Waals surface area contributed by atoms with E-state index in [1.54, 1.807) is 24.3 Å². The Bertz CT molecular complexity index is 414. The van der Waals surface area contributed by atoms with Gasteiger partial charge in [-0.3, -0.25) is 5.41 Å². The van der Waals surface area contributed by atoms with Crippen molar-refractivity contribution in [3.63, 3.8) is 0 Å². The highest BCUT2D eigenvalue weighted by Crippen LogP contribution is 2.16. The van der Waals surface area contributed by atoms with Crippen molar-refractivity contribution in [1.29, 1.82) is 5.41 Å². The third kappa shape index (κ3) is 3.23. The Morgan fingerprint density at radius 1 is 1.33 bits per heavy atom. The van der Waals surface area contributed by atoms with E-state index in [1.807, 2.05) is 19.9 Å². The van der Waals surface area contributed by atoms with E-state index >= 15 is 0 Å². The Balaban J connectivity index is 2.71. The average Bonchev–Trinajstić information content (AvgIpc) is 2.37. The van der Waals surface area contributed by atoms with Crippen molar-refractivity contribution >= 4 is 11.9 Å². The molecule has 0 heterocycles. The highest BCUT2D eigenvalue weighted by Gasteiger charge is 2.32. The third-order valence-electron chi connectivity index (χ3n) is 3.02. The molecule has 0 aliphatic rings. The van der Waals surface area contributed by atoms with E-state index in [-0.39, 0.29) is 5.84 Å². The van der Waals surface area contributed by atoms with Crippen molar-refractivity contribution in [1.82, 2.24) is 5.32 Å². The molecule has 1 amide bonds. The maximum atomic E-state index is 11.8. The molecule has 18 heavy (non-hydrogen) atoms. The average molecular weight is 249 g/mol. The largest absolute Gasteiger partial charge is 0.413 e. The fourth-order valence-electron chi connectivity index (χ4n) is 1.69. The van der Waals surface area contributed by atoms with Gasteiger partial charge in [-0.25, -0.2) is 4.79 Å². The molecule has 0 unspecified atom stereocenters. The lowest BCUT2D eigenvalue weighted by Crippen LogP contribution is -2.57. The summed E-state index contributed by atoms with van der Waals surface area (Å²) in [5.41, 5.74) is 4.72. The van der Waals surface area contributed by atoms with E-state index in [2.05, 4.69) is 5.32 Å². The summed E-state index contributed by atoms with van der Waals surface area (Å²) in [6.45, 7) is 3.74. The number of rotatable bonds is 5. The van der Waals surface area contributed by atoms with Crippen LogP contribution in [0.1, 0.15) is 26.7 Å². The lowest BCUT2D eigenvalue weighted by molar-refractivity contribution is 0.190. The lowest BCUT2D eigenvalue weighted by Gasteiger charge is -2.30. The Morgan fingerprint density at radius 3 is 2.33 bits per heavy atom. The number of benzene rings is 1. The second kappa shape index (κ2) is 6.05. The molecule has 1 rings (SSSR count). The fourth-order valence-corrected chi connectivity index (χ4v) is 1.69. The van der Waals surface area contributed by atoms with Gasteiger partial charge in [-0.2, -0.15) is 0 Å². The Labute approximate surface area is 107 Å². The Kier molecular flexibility index (Phi) is 4.71. The highest BCUT2D eigenvalue weighted by atomic mass is 16.6. The van der Waals surface area contributed by atoms with E-state index < -0.39 is 11.6 Å². The predicted octanol–water partition coefficient (Wildman–Crippen LogP) is 2.27. The van der Waals surface area contributed by atoms with Crippen molar-refractivity contribution in [2.75, 3.05) is 0 Å². The van der Waals surface area contributed by atoms with Gasteiger partial charge < -0.3 is 15.8 Å². The number of hydrogen-bond donors (Lipinski definition) is 3. The molecule has 0 saturated heterocycles. The molecule has 98 valence electrons. The first kappa shape index (κ1) is 14.0. The Hall–Kier alpha value is -2.04. The van der Waals surface area contributed by atoms with Crippen molar-refractivity contribution in [3.05, 3.63) is 30.3 Å². The van der Waals surface area contributed by atoms with Gasteiger partial charge in [0.2, 0.25) is 0 Å². The van der Waals surface area contributed by atoms with Crippen LogP contribution in [-0.2, 0) is 0 Å². The van der Waals surface area contributed by atoms with Crippen molar-refractivity contribution < 1.29 is 9.53 Å². The third-order valence-corrected chi connectivity index (χ3v) is 3.02. The zero-order valence-electron chi connectivity index (χ0n) is 10.7. The summed E-state index contributed by atoms with van der Waals surface area (Å²) in [6, 6.07) is 8.77. The first-order valence-corrected chi connectivity index (χ1v) is 5.93. The normalized spacial score (nSPS) is 10.8. The van der Waals surface area contributed by atoms with Crippen LogP contribution in [0.25, 0.3) is 0 Å². The summed E-state index contributed by atoms with van der Waals surface area (Å²) >= 11 is 0. The van der Waals surface area contributed by atoms with Gasteiger partial charge in [0, 0.05) is 0 Å². The molecule has 0 aromatic heterocycles. The smallest absolute Gasteiger partial charge is 0.410 e. The molecule has 1 aromatic carbocycles. The molecule has 0 bridgehead atoms. The molecule has 5 heteroatoms. The first-order chi connectivity index (χ1) is 8.54. The van der Waals surface area contributed by atoms with Crippen LogP contribution >= 0.6 is 0 Å². The molecule has 0 aliphatic heterocycles. The molecule has 4 N–H and O–H groups in total. The van der Waals surface area contributed by atoms with Gasteiger partial charge in [0.05, 0.1) is 5.54 Å². The lowest BCUT2D eigenvalue weighted by atomic mass is 9.92. The zero-order chi connectivity index (χ0) is 13.6. The summed E-state index contributed by atoms with van der Waals surface area (Å²) in [4.78, 5) is 11.8. The first-order valence-electron chi connectivity index (χ1n) is 5.93. The van der Waals surface area contributed by atoms with Gasteiger partial charge in [0.15, 0.2) is 0 Å². The number of nitrogens with two attached hydrogens (primary N) is 1. The SMILES string of the molecule is CCC(CC)(NC(=O)Oc1ccccc1)C(=N)N. The molecule has 0 spiro atoms. The topological polar surface area (TPSA) is 88.2 Å². The van der Waals surface area contributed by atoms with Crippen LogP contribution in [0, 0.1) is 5.41 Å². The molecule has 0 saturated carbocycles. The molecular formula is C13H19N3O2. The quantitative estimate of drug-likeness (QED) is 0.552. The standard InChI is InChI=1S/C13H19N3O2/c1-3-13(4-2,11(14)15)16-12(17)18-10-8-6-5-7-9-10/h5-9H,3-4H2,1-2H3,(H3,14,15)(H,16,17). The number of nitrogens with one attached hydrogen (secondary N) is 2. The number of para-hydroxylation sites is 1. The van der Waals surface area contributed by atoms with E-state index in [0.29, 0.717) is 18.6 Å². The molecule has 0 aliphatic carbocycles. The zero-order valence-corrected chi connectivity index (χ0v) is 10.7. The minimum Gasteiger partial charge on any atom is -0.410 e. The van der Waals surface area contributed by atoms with Crippen LogP contribution in [0.15, 0.2) is 30.3 Å². The number of ether oxygens (including phenoxy) is 1.